The summed E-state index contributed by atoms with van der Waals surface area (Å²) in [5.41, 5.74) is 0. The predicted octanol–water partition coefficient (Wildman–Crippen LogP) is 4.48. The highest BCUT2D eigenvalue weighted by molar-refractivity contribution is 6.65. The van der Waals surface area contributed by atoms with Gasteiger partial charge in [0.15, 0.2) is 4.33 Å². The van der Waals surface area contributed by atoms with Crippen LogP contribution in [0.3, 0.4) is 0 Å². The maximum absolute atomic E-state index is 6.82. The molecule has 1 heterocycles. The summed E-state index contributed by atoms with van der Waals surface area (Å²) in [6, 6.07) is 0. The van der Waals surface area contributed by atoms with Crippen molar-refractivity contribution in [2.45, 2.75) is 32.7 Å². The zero-order valence-corrected chi connectivity index (χ0v) is 13.9. The molecule has 3 saturated carbocycles. The van der Waals surface area contributed by atoms with Crippen LogP contribution in [0.25, 0.3) is 0 Å². The van der Waals surface area contributed by atoms with Gasteiger partial charge in [-0.15, -0.1) is 23.2 Å². The van der Waals surface area contributed by atoms with Gasteiger partial charge >= 0.3 is 0 Å². The van der Waals surface area contributed by atoms with Gasteiger partial charge in [-0.3, -0.25) is 0 Å². The van der Waals surface area contributed by atoms with Gasteiger partial charge in [0, 0.05) is 0 Å². The Balaban J connectivity index is 1.80. The van der Waals surface area contributed by atoms with Crippen molar-refractivity contribution in [2.75, 3.05) is 0 Å². The molecular formula is C12H8Cl6O. The third-order valence-electron chi connectivity index (χ3n) is 5.92. The van der Waals surface area contributed by atoms with Gasteiger partial charge in [0.05, 0.1) is 22.3 Å². The summed E-state index contributed by atoms with van der Waals surface area (Å²) < 4.78 is 4.35. The molecule has 1 saturated heterocycles. The van der Waals surface area contributed by atoms with E-state index in [4.69, 9.17) is 74.3 Å². The van der Waals surface area contributed by atoms with Crippen LogP contribution in [-0.4, -0.2) is 26.3 Å². The van der Waals surface area contributed by atoms with Gasteiger partial charge in [0.25, 0.3) is 0 Å². The van der Waals surface area contributed by atoms with Crippen LogP contribution < -0.4 is 0 Å². The van der Waals surface area contributed by atoms with Crippen molar-refractivity contribution >= 4 is 69.6 Å². The number of alkyl halides is 4. The molecule has 4 fully saturated rings. The van der Waals surface area contributed by atoms with E-state index in [9.17, 15) is 0 Å². The number of hydrogen-bond acceptors (Lipinski definition) is 1. The standard InChI is InChI=1S/C12H8Cl6O/c13-8-9(14)11(16)5-3-1-2(6-7(3)19-6)4(5)10(8,15)12(11,17)18/h2-7H,1H2/t2-,3+,4+,5?,6-,7+,10+,11-/m1/s1. The summed E-state index contributed by atoms with van der Waals surface area (Å²) >= 11 is 39.5. The smallest absolute Gasteiger partial charge is 0.166 e. The van der Waals surface area contributed by atoms with E-state index >= 15 is 0 Å². The van der Waals surface area contributed by atoms with E-state index in [2.05, 4.69) is 0 Å². The van der Waals surface area contributed by atoms with Crippen molar-refractivity contribution in [3.63, 3.8) is 0 Å². The van der Waals surface area contributed by atoms with Crippen LogP contribution in [0.5, 0.6) is 0 Å². The molecule has 0 aromatic heterocycles. The summed E-state index contributed by atoms with van der Waals surface area (Å²) in [6.45, 7) is 0. The second kappa shape index (κ2) is 3.20. The third kappa shape index (κ3) is 0.986. The van der Waals surface area contributed by atoms with Crippen LogP contribution in [0.15, 0.2) is 10.1 Å². The van der Waals surface area contributed by atoms with Crippen molar-refractivity contribution < 1.29 is 4.74 Å². The van der Waals surface area contributed by atoms with Crippen molar-refractivity contribution in [3.05, 3.63) is 10.1 Å². The van der Waals surface area contributed by atoms with Crippen molar-refractivity contribution in [1.82, 2.24) is 0 Å². The summed E-state index contributed by atoms with van der Waals surface area (Å²) in [5, 5.41) is 0.642. The molecule has 1 nitrogen and oxygen atoms in total. The Bertz CT molecular complexity index is 516. The molecule has 19 heavy (non-hydrogen) atoms. The van der Waals surface area contributed by atoms with Gasteiger partial charge in [-0.1, -0.05) is 46.4 Å². The van der Waals surface area contributed by atoms with Gasteiger partial charge < -0.3 is 4.74 Å². The first-order chi connectivity index (χ1) is 8.78. The zero-order chi connectivity index (χ0) is 13.5. The largest absolute Gasteiger partial charge is 0.369 e. The Labute approximate surface area is 140 Å². The second-order valence-corrected chi connectivity index (χ2v) is 9.58. The number of fused-ring (bicyclic) bond motifs is 12. The lowest BCUT2D eigenvalue weighted by Crippen LogP contribution is -2.46. The molecule has 0 aromatic carbocycles. The van der Waals surface area contributed by atoms with Crippen LogP contribution in [-0.2, 0) is 4.74 Å². The Kier molecular flexibility index (Phi) is 2.18. The van der Waals surface area contributed by atoms with Crippen LogP contribution >= 0.6 is 69.6 Å². The Morgan fingerprint density at radius 2 is 1.26 bits per heavy atom. The van der Waals surface area contributed by atoms with Crippen LogP contribution in [0.2, 0.25) is 0 Å². The Morgan fingerprint density at radius 3 is 1.68 bits per heavy atom. The summed E-state index contributed by atoms with van der Waals surface area (Å²) in [4.78, 5) is -2.17. The number of allylic oxidation sites excluding steroid dienone is 2. The Morgan fingerprint density at radius 1 is 0.842 bits per heavy atom. The van der Waals surface area contributed by atoms with Gasteiger partial charge in [0.1, 0.15) is 9.75 Å². The maximum atomic E-state index is 6.82. The number of epoxide rings is 1. The number of halogens is 6. The van der Waals surface area contributed by atoms with Crippen molar-refractivity contribution in [3.8, 4) is 0 Å². The minimum absolute atomic E-state index is 0.0467. The molecule has 0 N–H and O–H groups in total. The number of ether oxygens (including phenoxy) is 1. The fourth-order valence-electron chi connectivity index (χ4n) is 5.30. The molecule has 104 valence electrons. The highest BCUT2D eigenvalue weighted by atomic mass is 35.5. The summed E-state index contributed by atoms with van der Waals surface area (Å²) in [7, 11) is 0. The number of hydrogen-bond donors (Lipinski definition) is 0. The SMILES string of the molecule is ClC1=C(Cl)[C@]2(Cl)C3[C@H]([C@H]4C[C@@H]3[C@@H]3O[C@H]43)[C@@]1(Cl)C2(Cl)Cl. The lowest BCUT2D eigenvalue weighted by molar-refractivity contribution is 0.237. The molecule has 5 aliphatic rings. The minimum atomic E-state index is -1.37. The number of rotatable bonds is 0. The molecule has 0 spiro atoms. The van der Waals surface area contributed by atoms with Gasteiger partial charge in [-0.05, 0) is 30.1 Å². The molecule has 7 heteroatoms. The van der Waals surface area contributed by atoms with Crippen LogP contribution in [0.1, 0.15) is 6.42 Å². The average Bonchev–Trinajstić information content (AvgIpc) is 2.91. The Hall–Kier alpha value is 1.44. The molecule has 0 radical (unpaired) electrons. The first-order valence-corrected chi connectivity index (χ1v) is 8.52. The van der Waals surface area contributed by atoms with E-state index in [0.717, 1.165) is 6.42 Å². The highest BCUT2D eigenvalue weighted by Gasteiger charge is 2.89. The molecular weight excluding hydrogens is 373 g/mol. The normalized spacial score (nSPS) is 66.6. The summed E-state index contributed by atoms with van der Waals surface area (Å²) in [6.07, 6.45) is 1.63. The lowest BCUT2D eigenvalue weighted by Gasteiger charge is -2.38. The molecule has 1 aliphatic heterocycles. The van der Waals surface area contributed by atoms with Crippen molar-refractivity contribution in [2.24, 2.45) is 23.7 Å². The summed E-state index contributed by atoms with van der Waals surface area (Å²) in [5.74, 6) is 0.776. The third-order valence-corrected chi connectivity index (χ3v) is 10.2. The minimum Gasteiger partial charge on any atom is -0.369 e. The van der Waals surface area contributed by atoms with E-state index in [0.29, 0.717) is 21.9 Å². The van der Waals surface area contributed by atoms with E-state index in [-0.39, 0.29) is 24.0 Å². The highest BCUT2D eigenvalue weighted by Crippen LogP contribution is 2.84. The molecule has 0 aromatic rings. The van der Waals surface area contributed by atoms with E-state index in [1.165, 1.54) is 0 Å². The second-order valence-electron chi connectivity index (χ2n) is 6.31. The van der Waals surface area contributed by atoms with Gasteiger partial charge in [-0.2, -0.15) is 0 Å². The predicted molar refractivity (Wildman–Crippen MR) is 77.6 cm³/mol. The lowest BCUT2D eigenvalue weighted by atomic mass is 9.73. The van der Waals surface area contributed by atoms with Crippen molar-refractivity contribution in [1.29, 1.82) is 0 Å². The molecule has 8 atom stereocenters. The van der Waals surface area contributed by atoms with Gasteiger partial charge in [-0.25, -0.2) is 0 Å². The quantitative estimate of drug-likeness (QED) is 0.343. The van der Waals surface area contributed by atoms with Gasteiger partial charge in [0.2, 0.25) is 0 Å². The molecule has 4 bridgehead atoms. The fourth-order valence-corrected chi connectivity index (χ4v) is 8.43. The molecule has 4 aliphatic carbocycles. The fraction of sp³-hybridized carbons (Fsp3) is 0.833. The zero-order valence-electron chi connectivity index (χ0n) is 9.35. The van der Waals surface area contributed by atoms with E-state index in [1.807, 2.05) is 0 Å². The topological polar surface area (TPSA) is 12.5 Å². The van der Waals surface area contributed by atoms with Crippen LogP contribution in [0, 0.1) is 23.7 Å². The molecule has 0 amide bonds. The first-order valence-electron chi connectivity index (χ1n) is 6.25. The molecule has 1 unspecified atom stereocenters. The first kappa shape index (κ1) is 12.9. The maximum Gasteiger partial charge on any atom is 0.166 e. The van der Waals surface area contributed by atoms with E-state index < -0.39 is 14.1 Å². The van der Waals surface area contributed by atoms with Crippen LogP contribution in [0.4, 0.5) is 0 Å². The molecule has 5 rings (SSSR count). The average molecular weight is 381 g/mol. The monoisotopic (exact) mass is 378 g/mol. The van der Waals surface area contributed by atoms with E-state index in [1.54, 1.807) is 0 Å².